The fraction of sp³-hybridized carbons (Fsp3) is 0.133. The Labute approximate surface area is 118 Å². The third-order valence-corrected chi connectivity index (χ3v) is 2.58. The highest BCUT2D eigenvalue weighted by Crippen LogP contribution is 2.19. The Balaban J connectivity index is 1.89. The first kappa shape index (κ1) is 13.3. The van der Waals surface area contributed by atoms with E-state index < -0.39 is 0 Å². The Hall–Kier alpha value is -2.16. The monoisotopic (exact) mass is 270 g/mol. The van der Waals surface area contributed by atoms with E-state index in [1.807, 2.05) is 54.6 Å². The smallest absolute Gasteiger partial charge is 0.119 e. The number of ether oxygens (including phenoxy) is 1. The fourth-order valence-corrected chi connectivity index (χ4v) is 1.67. The minimum atomic E-state index is 0.509. The molecular formula is C15H14N2OS. The van der Waals surface area contributed by atoms with Crippen molar-refractivity contribution in [2.24, 2.45) is 4.99 Å². The Morgan fingerprint density at radius 2 is 1.68 bits per heavy atom. The van der Waals surface area contributed by atoms with Gasteiger partial charge in [-0.25, -0.2) is 4.99 Å². The molecule has 0 bridgehead atoms. The van der Waals surface area contributed by atoms with Crippen LogP contribution in [0, 0.1) is 0 Å². The van der Waals surface area contributed by atoms with Crippen molar-refractivity contribution < 1.29 is 4.74 Å². The molecule has 0 unspecified atom stereocenters. The Bertz CT molecular complexity index is 548. The molecule has 0 saturated carbocycles. The summed E-state index contributed by atoms with van der Waals surface area (Å²) in [5.74, 6) is 0.818. The summed E-state index contributed by atoms with van der Waals surface area (Å²) in [6.07, 6.45) is 0. The highest BCUT2D eigenvalue weighted by atomic mass is 32.1. The number of hydrogen-bond acceptors (Lipinski definition) is 4. The number of hydrogen-bond donors (Lipinski definition) is 1. The second-order valence-corrected chi connectivity index (χ2v) is 4.02. The van der Waals surface area contributed by atoms with Gasteiger partial charge in [0, 0.05) is 11.4 Å². The lowest BCUT2D eigenvalue weighted by atomic mass is 10.2. The van der Waals surface area contributed by atoms with E-state index in [1.165, 1.54) is 0 Å². The van der Waals surface area contributed by atoms with E-state index in [-0.39, 0.29) is 0 Å². The van der Waals surface area contributed by atoms with Crippen molar-refractivity contribution in [2.75, 3.05) is 18.5 Å². The van der Waals surface area contributed by atoms with Crippen LogP contribution in [0.3, 0.4) is 0 Å². The summed E-state index contributed by atoms with van der Waals surface area (Å²) in [5.41, 5.74) is 2.09. The first-order valence-electron chi connectivity index (χ1n) is 5.97. The molecule has 0 amide bonds. The molecule has 4 heteroatoms. The molecular weight excluding hydrogens is 256 g/mol. The number of nitrogens with one attached hydrogen (secondary N) is 1. The molecule has 1 N–H and O–H groups in total. The predicted molar refractivity (Wildman–Crippen MR) is 81.6 cm³/mol. The number of anilines is 2. The van der Waals surface area contributed by atoms with Crippen LogP contribution in [-0.2, 0) is 0 Å². The summed E-state index contributed by atoms with van der Waals surface area (Å²) < 4.78 is 5.51. The van der Waals surface area contributed by atoms with Crippen molar-refractivity contribution in [1.82, 2.24) is 0 Å². The standard InChI is InChI=1S/C15H14N2OS/c19-12-16-10-11-18-15-8-6-14(7-9-15)17-13-4-2-1-3-5-13/h1-9,17H,10-11H2. The second kappa shape index (κ2) is 7.31. The molecule has 0 aliphatic heterocycles. The van der Waals surface area contributed by atoms with Gasteiger partial charge in [-0.2, -0.15) is 0 Å². The average Bonchev–Trinajstić information content (AvgIpc) is 2.46. The molecule has 3 nitrogen and oxygen atoms in total. The molecule has 19 heavy (non-hydrogen) atoms. The largest absolute Gasteiger partial charge is 0.492 e. The molecule has 0 aliphatic rings. The molecule has 0 radical (unpaired) electrons. The summed E-state index contributed by atoms with van der Waals surface area (Å²) in [7, 11) is 0. The van der Waals surface area contributed by atoms with Crippen LogP contribution in [0.4, 0.5) is 11.4 Å². The summed E-state index contributed by atoms with van der Waals surface area (Å²) >= 11 is 4.48. The molecule has 0 aromatic heterocycles. The third kappa shape index (κ3) is 4.54. The molecule has 0 aliphatic carbocycles. The zero-order chi connectivity index (χ0) is 13.3. The van der Waals surface area contributed by atoms with Crippen LogP contribution >= 0.6 is 12.2 Å². The molecule has 2 aromatic rings. The van der Waals surface area contributed by atoms with Crippen LogP contribution in [0.15, 0.2) is 59.6 Å². The molecule has 2 rings (SSSR count). The minimum absolute atomic E-state index is 0.509. The number of para-hydroxylation sites is 1. The first-order chi connectivity index (χ1) is 9.38. The lowest BCUT2D eigenvalue weighted by molar-refractivity contribution is 0.329. The maximum Gasteiger partial charge on any atom is 0.119 e. The Morgan fingerprint density at radius 1 is 1.00 bits per heavy atom. The van der Waals surface area contributed by atoms with Gasteiger partial charge in [0.2, 0.25) is 0 Å². The number of benzene rings is 2. The number of rotatable bonds is 6. The van der Waals surface area contributed by atoms with Gasteiger partial charge in [-0.1, -0.05) is 18.2 Å². The van der Waals surface area contributed by atoms with Crippen LogP contribution in [-0.4, -0.2) is 18.3 Å². The van der Waals surface area contributed by atoms with Crippen LogP contribution < -0.4 is 10.1 Å². The predicted octanol–water partition coefficient (Wildman–Crippen LogP) is 3.91. The molecule has 0 spiro atoms. The van der Waals surface area contributed by atoms with Crippen LogP contribution in [0.1, 0.15) is 0 Å². The van der Waals surface area contributed by atoms with Gasteiger partial charge < -0.3 is 10.1 Å². The number of nitrogens with zero attached hydrogens (tertiary/aromatic N) is 1. The summed E-state index contributed by atoms with van der Waals surface area (Å²) in [6.45, 7) is 1.04. The van der Waals surface area contributed by atoms with Gasteiger partial charge in [0.05, 0.1) is 11.7 Å². The van der Waals surface area contributed by atoms with Crippen LogP contribution in [0.25, 0.3) is 0 Å². The summed E-state index contributed by atoms with van der Waals surface area (Å²) in [5, 5.41) is 5.62. The normalized spacial score (nSPS) is 9.47. The van der Waals surface area contributed by atoms with Crippen molar-refractivity contribution in [2.45, 2.75) is 0 Å². The Kier molecular flexibility index (Phi) is 5.11. The van der Waals surface area contributed by atoms with E-state index in [0.717, 1.165) is 17.1 Å². The second-order valence-electron chi connectivity index (χ2n) is 3.84. The molecule has 2 aromatic carbocycles. The SMILES string of the molecule is S=C=NCCOc1ccc(Nc2ccccc2)cc1. The van der Waals surface area contributed by atoms with E-state index in [4.69, 9.17) is 4.74 Å². The number of thiocarbonyl (C=S) groups is 1. The van der Waals surface area contributed by atoms with Gasteiger partial charge in [-0.15, -0.1) is 0 Å². The number of aliphatic imine (C=N–C) groups is 1. The van der Waals surface area contributed by atoms with Gasteiger partial charge in [-0.05, 0) is 48.6 Å². The van der Waals surface area contributed by atoms with Crippen molar-refractivity contribution >= 4 is 28.8 Å². The molecule has 0 heterocycles. The van der Waals surface area contributed by atoms with Gasteiger partial charge in [0.15, 0.2) is 0 Å². The maximum absolute atomic E-state index is 5.51. The van der Waals surface area contributed by atoms with E-state index in [1.54, 1.807) is 0 Å². The molecule has 0 saturated heterocycles. The van der Waals surface area contributed by atoms with Crippen molar-refractivity contribution in [3.05, 3.63) is 54.6 Å². The van der Waals surface area contributed by atoms with E-state index >= 15 is 0 Å². The van der Waals surface area contributed by atoms with Crippen molar-refractivity contribution in [3.63, 3.8) is 0 Å². The van der Waals surface area contributed by atoms with E-state index in [2.05, 4.69) is 27.7 Å². The number of isothiocyanates is 1. The molecule has 96 valence electrons. The van der Waals surface area contributed by atoms with Crippen LogP contribution in [0.2, 0.25) is 0 Å². The summed E-state index contributed by atoms with van der Waals surface area (Å²) in [6, 6.07) is 17.8. The first-order valence-corrected chi connectivity index (χ1v) is 6.38. The van der Waals surface area contributed by atoms with Crippen molar-refractivity contribution in [1.29, 1.82) is 0 Å². The average molecular weight is 270 g/mol. The fourth-order valence-electron chi connectivity index (χ4n) is 1.58. The van der Waals surface area contributed by atoms with Crippen molar-refractivity contribution in [3.8, 4) is 5.75 Å². The Morgan fingerprint density at radius 3 is 2.37 bits per heavy atom. The third-order valence-electron chi connectivity index (χ3n) is 2.45. The topological polar surface area (TPSA) is 33.6 Å². The highest BCUT2D eigenvalue weighted by molar-refractivity contribution is 7.78. The summed E-state index contributed by atoms with van der Waals surface area (Å²) in [4.78, 5) is 3.79. The van der Waals surface area contributed by atoms with E-state index in [0.29, 0.717) is 13.2 Å². The molecule has 0 fully saturated rings. The maximum atomic E-state index is 5.51. The van der Waals surface area contributed by atoms with Crippen LogP contribution in [0.5, 0.6) is 5.75 Å². The van der Waals surface area contributed by atoms with Gasteiger partial charge in [0.25, 0.3) is 0 Å². The zero-order valence-electron chi connectivity index (χ0n) is 10.4. The van der Waals surface area contributed by atoms with Gasteiger partial charge >= 0.3 is 0 Å². The minimum Gasteiger partial charge on any atom is -0.492 e. The highest BCUT2D eigenvalue weighted by Gasteiger charge is 1.96. The zero-order valence-corrected chi connectivity index (χ0v) is 11.2. The van der Waals surface area contributed by atoms with E-state index in [9.17, 15) is 0 Å². The lowest BCUT2D eigenvalue weighted by Gasteiger charge is -2.08. The van der Waals surface area contributed by atoms with Gasteiger partial charge in [-0.3, -0.25) is 0 Å². The quantitative estimate of drug-likeness (QED) is 0.491. The lowest BCUT2D eigenvalue weighted by Crippen LogP contribution is -2.00. The van der Waals surface area contributed by atoms with Gasteiger partial charge in [0.1, 0.15) is 12.4 Å². The molecule has 0 atom stereocenters.